The van der Waals surface area contributed by atoms with Crippen molar-refractivity contribution in [1.29, 1.82) is 0 Å². The number of nitrogens with zero attached hydrogens (tertiary/aromatic N) is 3. The third-order valence-corrected chi connectivity index (χ3v) is 3.32. The third-order valence-electron chi connectivity index (χ3n) is 2.83. The maximum Gasteiger partial charge on any atom is 0.336 e. The number of carboxylic acid groups (broad SMARTS) is 1. The van der Waals surface area contributed by atoms with Gasteiger partial charge in [-0.25, -0.2) is 9.78 Å². The summed E-state index contributed by atoms with van der Waals surface area (Å²) in [5.41, 5.74) is 1.82. The molecule has 0 aliphatic heterocycles. The summed E-state index contributed by atoms with van der Waals surface area (Å²) in [4.78, 5) is 24.0. The molecule has 1 N–H and O–H groups in total. The Kier molecular flexibility index (Phi) is 3.15. The quantitative estimate of drug-likeness (QED) is 0.781. The van der Waals surface area contributed by atoms with E-state index in [1.165, 1.54) is 6.07 Å². The Morgan fingerprint density at radius 2 is 2.00 bits per heavy atom. The second-order valence-electron chi connectivity index (χ2n) is 4.11. The highest BCUT2D eigenvalue weighted by atomic mass is 79.9. The fourth-order valence-corrected chi connectivity index (χ4v) is 2.29. The summed E-state index contributed by atoms with van der Waals surface area (Å²) < 4.78 is 0.838. The van der Waals surface area contributed by atoms with Gasteiger partial charge in [-0.15, -0.1) is 0 Å². The zero-order valence-electron chi connectivity index (χ0n) is 10.1. The van der Waals surface area contributed by atoms with E-state index in [-0.39, 0.29) is 5.56 Å². The Hall–Kier alpha value is -2.34. The topological polar surface area (TPSA) is 76.0 Å². The molecular formula is C14H8BrN3O2. The Morgan fingerprint density at radius 1 is 1.15 bits per heavy atom. The van der Waals surface area contributed by atoms with Crippen molar-refractivity contribution in [2.24, 2.45) is 0 Å². The molecule has 0 saturated carbocycles. The van der Waals surface area contributed by atoms with Crippen LogP contribution in [0.4, 0.5) is 0 Å². The molecule has 0 saturated heterocycles. The molecule has 3 aromatic rings. The van der Waals surface area contributed by atoms with E-state index in [0.29, 0.717) is 22.3 Å². The van der Waals surface area contributed by atoms with Crippen LogP contribution in [0.3, 0.4) is 0 Å². The summed E-state index contributed by atoms with van der Waals surface area (Å²) in [6, 6.07) is 6.82. The molecule has 3 rings (SSSR count). The zero-order chi connectivity index (χ0) is 14.1. The van der Waals surface area contributed by atoms with Crippen molar-refractivity contribution >= 4 is 32.8 Å². The van der Waals surface area contributed by atoms with Gasteiger partial charge < -0.3 is 5.11 Å². The van der Waals surface area contributed by atoms with Crippen LogP contribution in [-0.2, 0) is 0 Å². The number of halogens is 1. The van der Waals surface area contributed by atoms with Crippen LogP contribution >= 0.6 is 15.9 Å². The highest BCUT2D eigenvalue weighted by molar-refractivity contribution is 9.10. The molecule has 0 bridgehead atoms. The van der Waals surface area contributed by atoms with Crippen LogP contribution in [0, 0.1) is 0 Å². The van der Waals surface area contributed by atoms with Crippen molar-refractivity contribution in [3.05, 3.63) is 52.9 Å². The Balaban J connectivity index is 2.32. The van der Waals surface area contributed by atoms with E-state index < -0.39 is 5.97 Å². The second-order valence-corrected chi connectivity index (χ2v) is 5.03. The van der Waals surface area contributed by atoms with Gasteiger partial charge in [-0.1, -0.05) is 22.0 Å². The van der Waals surface area contributed by atoms with Gasteiger partial charge in [0, 0.05) is 22.3 Å². The van der Waals surface area contributed by atoms with E-state index >= 15 is 0 Å². The van der Waals surface area contributed by atoms with E-state index in [4.69, 9.17) is 0 Å². The predicted molar refractivity (Wildman–Crippen MR) is 77.4 cm³/mol. The van der Waals surface area contributed by atoms with Gasteiger partial charge in [0.15, 0.2) is 0 Å². The first-order valence-corrected chi connectivity index (χ1v) is 6.54. The van der Waals surface area contributed by atoms with Gasteiger partial charge >= 0.3 is 5.97 Å². The maximum absolute atomic E-state index is 11.4. The molecule has 0 amide bonds. The minimum atomic E-state index is -0.995. The largest absolute Gasteiger partial charge is 0.478 e. The minimum Gasteiger partial charge on any atom is -0.478 e. The van der Waals surface area contributed by atoms with E-state index in [2.05, 4.69) is 30.9 Å². The number of carboxylic acids is 1. The van der Waals surface area contributed by atoms with Crippen molar-refractivity contribution in [2.75, 3.05) is 0 Å². The number of benzene rings is 1. The van der Waals surface area contributed by atoms with Gasteiger partial charge in [0.1, 0.15) is 5.69 Å². The molecule has 5 nitrogen and oxygen atoms in total. The molecule has 0 unspecified atom stereocenters. The zero-order valence-corrected chi connectivity index (χ0v) is 11.7. The standard InChI is InChI=1S/C14H8BrN3O2/c15-8-1-2-9-10(14(19)20)6-12(18-11(9)5-8)13-7-16-3-4-17-13/h1-7H,(H,19,20). The number of aromatic carboxylic acids is 1. The summed E-state index contributed by atoms with van der Waals surface area (Å²) in [5.74, 6) is -0.995. The normalized spacial score (nSPS) is 10.7. The average molecular weight is 330 g/mol. The number of rotatable bonds is 2. The number of fused-ring (bicyclic) bond motifs is 1. The molecule has 0 fully saturated rings. The van der Waals surface area contributed by atoms with Gasteiger partial charge in [-0.3, -0.25) is 9.97 Å². The van der Waals surface area contributed by atoms with Crippen LogP contribution in [-0.4, -0.2) is 26.0 Å². The van der Waals surface area contributed by atoms with Crippen LogP contribution in [0.2, 0.25) is 0 Å². The number of hydrogen-bond donors (Lipinski definition) is 1. The van der Waals surface area contributed by atoms with Gasteiger partial charge in [-0.2, -0.15) is 0 Å². The lowest BCUT2D eigenvalue weighted by atomic mass is 10.1. The molecule has 20 heavy (non-hydrogen) atoms. The summed E-state index contributed by atoms with van der Waals surface area (Å²) >= 11 is 3.36. The Morgan fingerprint density at radius 3 is 2.70 bits per heavy atom. The smallest absolute Gasteiger partial charge is 0.336 e. The molecule has 0 aliphatic rings. The van der Waals surface area contributed by atoms with Gasteiger partial charge in [-0.05, 0) is 18.2 Å². The monoisotopic (exact) mass is 329 g/mol. The first-order chi connectivity index (χ1) is 9.65. The molecule has 0 spiro atoms. The number of aromatic nitrogens is 3. The lowest BCUT2D eigenvalue weighted by Gasteiger charge is -2.06. The van der Waals surface area contributed by atoms with Gasteiger partial charge in [0.2, 0.25) is 0 Å². The van der Waals surface area contributed by atoms with Crippen LogP contribution in [0.15, 0.2) is 47.3 Å². The van der Waals surface area contributed by atoms with Crippen LogP contribution in [0.5, 0.6) is 0 Å². The second kappa shape index (κ2) is 4.97. The molecule has 2 heterocycles. The summed E-state index contributed by atoms with van der Waals surface area (Å²) in [6.45, 7) is 0. The van der Waals surface area contributed by atoms with Gasteiger partial charge in [0.05, 0.1) is 23.0 Å². The minimum absolute atomic E-state index is 0.197. The molecule has 6 heteroatoms. The Bertz CT molecular complexity index is 806. The number of carbonyl (C=O) groups is 1. The molecule has 0 radical (unpaired) electrons. The number of hydrogen-bond acceptors (Lipinski definition) is 4. The van der Waals surface area contributed by atoms with Crippen molar-refractivity contribution in [3.8, 4) is 11.4 Å². The number of pyridine rings is 1. The van der Waals surface area contributed by atoms with Crippen molar-refractivity contribution < 1.29 is 9.90 Å². The highest BCUT2D eigenvalue weighted by Crippen LogP contribution is 2.25. The summed E-state index contributed by atoms with van der Waals surface area (Å²) in [7, 11) is 0. The molecule has 0 atom stereocenters. The average Bonchev–Trinajstić information content (AvgIpc) is 2.46. The molecular weight excluding hydrogens is 322 g/mol. The Labute approximate surface area is 122 Å². The van der Waals surface area contributed by atoms with Crippen LogP contribution < -0.4 is 0 Å². The highest BCUT2D eigenvalue weighted by Gasteiger charge is 2.13. The first kappa shape index (κ1) is 12.7. The molecule has 0 aliphatic carbocycles. The van der Waals surface area contributed by atoms with E-state index in [9.17, 15) is 9.90 Å². The van der Waals surface area contributed by atoms with Crippen molar-refractivity contribution in [2.45, 2.75) is 0 Å². The van der Waals surface area contributed by atoms with Crippen LogP contribution in [0.25, 0.3) is 22.3 Å². The molecule has 1 aromatic carbocycles. The van der Waals surface area contributed by atoms with Gasteiger partial charge in [0.25, 0.3) is 0 Å². The van der Waals surface area contributed by atoms with E-state index in [1.54, 1.807) is 36.8 Å². The SMILES string of the molecule is O=C(O)c1cc(-c2cnccn2)nc2cc(Br)ccc12. The predicted octanol–water partition coefficient (Wildman–Crippen LogP) is 3.15. The summed E-state index contributed by atoms with van der Waals surface area (Å²) in [5, 5.41) is 9.94. The summed E-state index contributed by atoms with van der Waals surface area (Å²) in [6.07, 6.45) is 4.65. The first-order valence-electron chi connectivity index (χ1n) is 5.75. The molecule has 2 aromatic heterocycles. The third kappa shape index (κ3) is 2.25. The van der Waals surface area contributed by atoms with Crippen molar-refractivity contribution in [3.63, 3.8) is 0 Å². The van der Waals surface area contributed by atoms with Crippen LogP contribution in [0.1, 0.15) is 10.4 Å². The fraction of sp³-hybridized carbons (Fsp3) is 0. The lowest BCUT2D eigenvalue weighted by Crippen LogP contribution is -2.01. The van der Waals surface area contributed by atoms with Crippen molar-refractivity contribution in [1.82, 2.24) is 15.0 Å². The van der Waals surface area contributed by atoms with E-state index in [0.717, 1.165) is 4.47 Å². The lowest BCUT2D eigenvalue weighted by molar-refractivity contribution is 0.0699. The molecule has 98 valence electrons. The van der Waals surface area contributed by atoms with E-state index in [1.807, 2.05) is 0 Å². The fourth-order valence-electron chi connectivity index (χ4n) is 1.94. The maximum atomic E-state index is 11.4.